The standard InChI is InChI=1S/C32H20BrN5/c33-24-15-18-27-26(20-24)29-28(12-7-19-34-29)38(27)25-16-13-23(14-17-25)32-36-30(21-8-3-1-4-9-21)35-31(37-32)22-10-5-2-6-11-22/h1-20H. The van der Waals surface area contributed by atoms with Crippen molar-refractivity contribution < 1.29 is 0 Å². The first kappa shape index (κ1) is 22.5. The van der Waals surface area contributed by atoms with Crippen LogP contribution in [0.2, 0.25) is 0 Å². The molecule has 3 heterocycles. The van der Waals surface area contributed by atoms with Crippen LogP contribution in [0.5, 0.6) is 0 Å². The van der Waals surface area contributed by atoms with Crippen LogP contribution in [0, 0.1) is 0 Å². The molecule has 0 unspecified atom stereocenters. The minimum Gasteiger partial charge on any atom is -0.308 e. The molecule has 0 aliphatic carbocycles. The molecule has 180 valence electrons. The van der Waals surface area contributed by atoms with Crippen LogP contribution in [0.4, 0.5) is 0 Å². The number of benzene rings is 4. The van der Waals surface area contributed by atoms with Crippen molar-refractivity contribution in [3.05, 3.63) is 126 Å². The number of nitrogens with zero attached hydrogens (tertiary/aromatic N) is 5. The summed E-state index contributed by atoms with van der Waals surface area (Å²) in [6.07, 6.45) is 1.84. The first-order chi connectivity index (χ1) is 18.7. The molecule has 0 amide bonds. The summed E-state index contributed by atoms with van der Waals surface area (Å²) in [6.45, 7) is 0. The molecule has 6 heteroatoms. The number of aromatic nitrogens is 5. The van der Waals surface area contributed by atoms with Gasteiger partial charge in [0.2, 0.25) is 0 Å². The summed E-state index contributed by atoms with van der Waals surface area (Å²) in [5.41, 5.74) is 7.02. The normalized spacial score (nSPS) is 11.3. The third-order valence-electron chi connectivity index (χ3n) is 6.57. The number of rotatable bonds is 4. The maximum absolute atomic E-state index is 4.86. The molecule has 0 saturated carbocycles. The minimum absolute atomic E-state index is 0.636. The van der Waals surface area contributed by atoms with Crippen LogP contribution in [0.1, 0.15) is 0 Å². The second-order valence-electron chi connectivity index (χ2n) is 8.95. The Hall–Kier alpha value is -4.68. The highest BCUT2D eigenvalue weighted by Crippen LogP contribution is 2.33. The maximum Gasteiger partial charge on any atom is 0.164 e. The molecule has 0 bridgehead atoms. The molecule has 7 rings (SSSR count). The van der Waals surface area contributed by atoms with Crippen molar-refractivity contribution in [2.75, 3.05) is 0 Å². The molecule has 0 N–H and O–H groups in total. The number of hydrogen-bond donors (Lipinski definition) is 0. The highest BCUT2D eigenvalue weighted by molar-refractivity contribution is 9.10. The van der Waals surface area contributed by atoms with Gasteiger partial charge in [0.1, 0.15) is 0 Å². The van der Waals surface area contributed by atoms with Crippen LogP contribution in [0.3, 0.4) is 0 Å². The number of hydrogen-bond acceptors (Lipinski definition) is 4. The molecular formula is C32H20BrN5. The van der Waals surface area contributed by atoms with Gasteiger partial charge < -0.3 is 4.57 Å². The van der Waals surface area contributed by atoms with Crippen molar-refractivity contribution in [3.8, 4) is 39.9 Å². The second kappa shape index (κ2) is 9.32. The van der Waals surface area contributed by atoms with E-state index in [0.29, 0.717) is 17.5 Å². The van der Waals surface area contributed by atoms with E-state index in [1.807, 2.05) is 72.9 Å². The van der Waals surface area contributed by atoms with Gasteiger partial charge in [0.25, 0.3) is 0 Å². The van der Waals surface area contributed by atoms with E-state index in [1.165, 1.54) is 0 Å². The predicted molar refractivity (Wildman–Crippen MR) is 156 cm³/mol. The van der Waals surface area contributed by atoms with Crippen LogP contribution in [0.15, 0.2) is 126 Å². The molecule has 0 radical (unpaired) electrons. The molecule has 0 fully saturated rings. The fraction of sp³-hybridized carbons (Fsp3) is 0. The van der Waals surface area contributed by atoms with Gasteiger partial charge in [-0.15, -0.1) is 0 Å². The molecule has 0 spiro atoms. The first-order valence-electron chi connectivity index (χ1n) is 12.3. The highest BCUT2D eigenvalue weighted by Gasteiger charge is 2.15. The Kier molecular flexibility index (Phi) is 5.52. The van der Waals surface area contributed by atoms with Crippen LogP contribution < -0.4 is 0 Å². The Morgan fingerprint density at radius 3 is 1.71 bits per heavy atom. The molecule has 0 aliphatic heterocycles. The van der Waals surface area contributed by atoms with Gasteiger partial charge in [0, 0.05) is 38.4 Å². The summed E-state index contributed by atoms with van der Waals surface area (Å²) in [6, 6.07) is 38.8. The van der Waals surface area contributed by atoms with Crippen molar-refractivity contribution >= 4 is 37.9 Å². The lowest BCUT2D eigenvalue weighted by molar-refractivity contribution is 1.07. The smallest absolute Gasteiger partial charge is 0.164 e. The molecule has 0 saturated heterocycles. The zero-order chi connectivity index (χ0) is 25.5. The van der Waals surface area contributed by atoms with Gasteiger partial charge in [-0.05, 0) is 54.6 Å². The van der Waals surface area contributed by atoms with Crippen LogP contribution >= 0.6 is 15.9 Å². The Morgan fingerprint density at radius 2 is 1.11 bits per heavy atom. The largest absolute Gasteiger partial charge is 0.308 e. The highest BCUT2D eigenvalue weighted by atomic mass is 79.9. The molecule has 0 aliphatic rings. The molecule has 38 heavy (non-hydrogen) atoms. The van der Waals surface area contributed by atoms with E-state index in [0.717, 1.165) is 48.8 Å². The Labute approximate surface area is 227 Å². The van der Waals surface area contributed by atoms with E-state index in [9.17, 15) is 0 Å². The van der Waals surface area contributed by atoms with Gasteiger partial charge in [0.05, 0.1) is 16.6 Å². The van der Waals surface area contributed by atoms with Gasteiger partial charge >= 0.3 is 0 Å². The zero-order valence-electron chi connectivity index (χ0n) is 20.2. The van der Waals surface area contributed by atoms with Gasteiger partial charge in [-0.2, -0.15) is 0 Å². The van der Waals surface area contributed by atoms with Gasteiger partial charge in [-0.3, -0.25) is 4.98 Å². The summed E-state index contributed by atoms with van der Waals surface area (Å²) in [4.78, 5) is 19.2. The Balaban J connectivity index is 1.37. The monoisotopic (exact) mass is 553 g/mol. The average molecular weight is 554 g/mol. The quantitative estimate of drug-likeness (QED) is 0.221. The van der Waals surface area contributed by atoms with E-state index in [1.54, 1.807) is 0 Å². The zero-order valence-corrected chi connectivity index (χ0v) is 21.7. The van der Waals surface area contributed by atoms with Crippen molar-refractivity contribution in [2.45, 2.75) is 0 Å². The van der Waals surface area contributed by atoms with Crippen LogP contribution in [-0.2, 0) is 0 Å². The summed E-state index contributed by atoms with van der Waals surface area (Å²) >= 11 is 3.61. The lowest BCUT2D eigenvalue weighted by Crippen LogP contribution is -2.00. The van der Waals surface area contributed by atoms with E-state index in [4.69, 9.17) is 15.0 Å². The van der Waals surface area contributed by atoms with Crippen LogP contribution in [0.25, 0.3) is 61.8 Å². The van der Waals surface area contributed by atoms with Crippen LogP contribution in [-0.4, -0.2) is 24.5 Å². The third kappa shape index (κ3) is 3.96. The summed E-state index contributed by atoms with van der Waals surface area (Å²) in [7, 11) is 0. The topological polar surface area (TPSA) is 56.5 Å². The summed E-state index contributed by atoms with van der Waals surface area (Å²) in [5, 5.41) is 1.11. The lowest BCUT2D eigenvalue weighted by Gasteiger charge is -2.10. The molecule has 5 nitrogen and oxygen atoms in total. The Morgan fingerprint density at radius 1 is 0.526 bits per heavy atom. The molecule has 7 aromatic rings. The Bertz CT molecular complexity index is 1860. The average Bonchev–Trinajstić information content (AvgIpc) is 3.31. The van der Waals surface area contributed by atoms with Crippen molar-refractivity contribution in [3.63, 3.8) is 0 Å². The molecule has 4 aromatic carbocycles. The molecule has 0 atom stereocenters. The number of pyridine rings is 1. The summed E-state index contributed by atoms with van der Waals surface area (Å²) < 4.78 is 3.27. The van der Waals surface area contributed by atoms with Crippen molar-refractivity contribution in [1.29, 1.82) is 0 Å². The summed E-state index contributed by atoms with van der Waals surface area (Å²) in [5.74, 6) is 1.94. The van der Waals surface area contributed by atoms with E-state index >= 15 is 0 Å². The van der Waals surface area contributed by atoms with Gasteiger partial charge in [-0.25, -0.2) is 15.0 Å². The van der Waals surface area contributed by atoms with E-state index in [-0.39, 0.29) is 0 Å². The fourth-order valence-electron chi connectivity index (χ4n) is 4.78. The van der Waals surface area contributed by atoms with E-state index in [2.05, 4.69) is 74.0 Å². The number of fused-ring (bicyclic) bond motifs is 3. The molecular weight excluding hydrogens is 534 g/mol. The first-order valence-corrected chi connectivity index (χ1v) is 13.1. The predicted octanol–water partition coefficient (Wildman–Crippen LogP) is 8.13. The maximum atomic E-state index is 4.86. The van der Waals surface area contributed by atoms with Crippen molar-refractivity contribution in [1.82, 2.24) is 24.5 Å². The minimum atomic E-state index is 0.636. The van der Waals surface area contributed by atoms with Gasteiger partial charge in [-0.1, -0.05) is 76.6 Å². The number of halogens is 1. The molecule has 3 aromatic heterocycles. The third-order valence-corrected chi connectivity index (χ3v) is 7.06. The fourth-order valence-corrected chi connectivity index (χ4v) is 5.14. The SMILES string of the molecule is Brc1ccc2c(c1)c1ncccc1n2-c1ccc(-c2nc(-c3ccccc3)nc(-c3ccccc3)n2)cc1. The second-order valence-corrected chi connectivity index (χ2v) is 9.87. The lowest BCUT2D eigenvalue weighted by atomic mass is 10.1. The van der Waals surface area contributed by atoms with Gasteiger partial charge in [0.15, 0.2) is 17.5 Å². The van der Waals surface area contributed by atoms with E-state index < -0.39 is 0 Å². The van der Waals surface area contributed by atoms with Crippen molar-refractivity contribution in [2.24, 2.45) is 0 Å².